The Morgan fingerprint density at radius 1 is 0.800 bits per heavy atom. The first kappa shape index (κ1) is 64.9. The summed E-state index contributed by atoms with van der Waals surface area (Å²) in [5, 5.41) is 6.20. The quantitative estimate of drug-likeness (QED) is 0.0530. The number of alkyl halides is 1. The van der Waals surface area contributed by atoms with Gasteiger partial charge < -0.3 is 32.9 Å². The van der Waals surface area contributed by atoms with Crippen LogP contribution in [0.5, 0.6) is 5.75 Å². The van der Waals surface area contributed by atoms with Gasteiger partial charge in [0.05, 0.1) is 6.10 Å². The largest absolute Gasteiger partial charge is 0.508 e. The molecule has 2 aromatic carbocycles. The molecule has 75 heavy (non-hydrogen) atoms. The Morgan fingerprint density at radius 2 is 1.32 bits per heavy atom. The van der Waals surface area contributed by atoms with E-state index < -0.39 is 40.4 Å². The van der Waals surface area contributed by atoms with Gasteiger partial charge in [-0.05, 0) is 157 Å². The number of aryl methyl sites for hydroxylation is 1. The second-order valence-electron chi connectivity index (χ2n) is 25.0. The van der Waals surface area contributed by atoms with Crippen LogP contribution in [0.15, 0.2) is 48.0 Å². The van der Waals surface area contributed by atoms with Gasteiger partial charge in [-0.15, -0.1) is 0 Å². The summed E-state index contributed by atoms with van der Waals surface area (Å²) in [4.78, 5) is 26.0. The summed E-state index contributed by atoms with van der Waals surface area (Å²) >= 11 is 19.1. The van der Waals surface area contributed by atoms with E-state index in [0.717, 1.165) is 47.7 Å². The summed E-state index contributed by atoms with van der Waals surface area (Å²) in [5.74, 6) is -1.04. The molecule has 0 radical (unpaired) electrons. The molecule has 8 atom stereocenters. The molecule has 2 aliphatic heterocycles. The summed E-state index contributed by atoms with van der Waals surface area (Å²) in [6.45, 7) is 38.1. The van der Waals surface area contributed by atoms with Gasteiger partial charge in [0.1, 0.15) is 18.0 Å². The first-order valence-electron chi connectivity index (χ1n) is 28.6. The summed E-state index contributed by atoms with van der Waals surface area (Å²) < 4.78 is 51.3. The summed E-state index contributed by atoms with van der Waals surface area (Å²) in [5.41, 5.74) is 3.55. The Morgan fingerprint density at radius 3 is 1.84 bits per heavy atom. The molecule has 424 valence electrons. The molecular weight excluding hydrogens is 1150 g/mol. The molecular formula is C59H96BCl2IO9SSi2. The fourth-order valence-corrected chi connectivity index (χ4v) is 13.7. The predicted molar refractivity (Wildman–Crippen MR) is 329 cm³/mol. The van der Waals surface area contributed by atoms with Crippen LogP contribution in [0.4, 0.5) is 0 Å². The molecule has 2 aliphatic carbocycles. The van der Waals surface area contributed by atoms with Crippen molar-refractivity contribution in [3.05, 3.63) is 74.8 Å². The van der Waals surface area contributed by atoms with E-state index >= 15 is 0 Å². The number of phenolic OH excluding ortho intramolecular Hbond substituents is 1. The normalized spacial score (nSPS) is 23.9. The van der Waals surface area contributed by atoms with Crippen molar-refractivity contribution >= 4 is 92.7 Å². The minimum atomic E-state index is -1.90. The molecule has 0 spiro atoms. The van der Waals surface area contributed by atoms with Crippen LogP contribution in [0.1, 0.15) is 170 Å². The molecule has 3 fully saturated rings. The number of hydrogen-bond donors (Lipinski definition) is 1. The number of fused-ring (bicyclic) bond motifs is 2. The van der Waals surface area contributed by atoms with Crippen molar-refractivity contribution < 1.29 is 42.5 Å². The van der Waals surface area contributed by atoms with E-state index in [2.05, 4.69) is 134 Å². The second kappa shape index (κ2) is 29.7. The average molecular weight is 1250 g/mol. The Balaban J connectivity index is 0.000000322. The number of unbranched alkanes of at least 4 members (excludes halogenated alkanes) is 4. The van der Waals surface area contributed by atoms with Crippen LogP contribution in [0, 0.1) is 18.8 Å². The van der Waals surface area contributed by atoms with E-state index in [1.54, 1.807) is 38.1 Å². The zero-order valence-corrected chi connectivity index (χ0v) is 55.3. The second-order valence-corrected chi connectivity index (χ2v) is 36.5. The Kier molecular flexibility index (Phi) is 25.7. The van der Waals surface area contributed by atoms with Gasteiger partial charge in [-0.2, -0.15) is 0 Å². The van der Waals surface area contributed by atoms with Crippen LogP contribution < -0.4 is 0 Å². The van der Waals surface area contributed by atoms with E-state index in [1.807, 2.05) is 26.0 Å². The topological polar surface area (TPSA) is 110 Å². The molecule has 1 N–H and O–H groups in total. The maximum absolute atomic E-state index is 13.6. The Bertz CT molecular complexity index is 2240. The third kappa shape index (κ3) is 20.3. The molecule has 0 aromatic heterocycles. The van der Waals surface area contributed by atoms with Gasteiger partial charge >= 0.3 is 20.1 Å². The molecule has 0 amide bonds. The zero-order chi connectivity index (χ0) is 58.3. The van der Waals surface area contributed by atoms with Crippen LogP contribution in [-0.2, 0) is 50.2 Å². The summed E-state index contributed by atoms with van der Waals surface area (Å²) in [7, 11) is -3.47. The van der Waals surface area contributed by atoms with Gasteiger partial charge in [-0.1, -0.05) is 157 Å². The fraction of sp³-hybridized carbons (Fsp3) is 0.729. The molecule has 2 heterocycles. The number of ketones is 2. The van der Waals surface area contributed by atoms with Crippen molar-refractivity contribution in [3.63, 3.8) is 0 Å². The van der Waals surface area contributed by atoms with E-state index in [-0.39, 0.29) is 46.8 Å². The fourth-order valence-electron chi connectivity index (χ4n) is 9.76. The molecule has 16 heteroatoms. The molecule has 2 aromatic rings. The Labute approximate surface area is 489 Å². The molecule has 1 saturated carbocycles. The molecule has 6 rings (SSSR count). The number of phenols is 1. The van der Waals surface area contributed by atoms with Crippen LogP contribution in [-0.4, -0.2) is 95.4 Å². The van der Waals surface area contributed by atoms with E-state index in [4.69, 9.17) is 53.8 Å². The number of carbonyl (C=O) groups is 2. The van der Waals surface area contributed by atoms with E-state index in [1.165, 1.54) is 55.8 Å². The van der Waals surface area contributed by atoms with Gasteiger partial charge in [0, 0.05) is 44.6 Å². The number of aromatic hydroxyl groups is 1. The van der Waals surface area contributed by atoms with Crippen molar-refractivity contribution in [3.8, 4) is 5.75 Å². The number of halogens is 3. The number of rotatable bonds is 22. The SMILES string of the molecule is CCCCC[C@@H](CCI)O[Si](C)(C)C(C)(C)C.CCCCC[C@@H](CC[C@H]1[C@@H]2OC(C)(C)O[C@@H]2C(=O)[C@@H]1Cc1cc(C)ccc1Cl)O[Si](C)(C)C(C)(C)C.[2H]B=S.[3H]Oc1ccc(Cl)c(CC2=C[C@@H]3OC(C)(C)O[C@@H]3C2=O)c1. The standard InChI is InChI=1S/C30H49ClO4Si.C15H15ClO4.C14H31IOSi.BHS/c1-10-11-12-13-22(35-36(8,9)29(3,4)5)15-16-23-24(19-21-18-20(2)14-17-25(21)31)26(32)28-27(23)33-30(6,7)34-28;1-15(2)19-12-7-9(13(18)14(12)20-15)5-8-6-10(17)3-4-11(8)16;1-7-8-9-10-13(11-12-15)16-17(5,6)14(2,3)4;1-2/h14,17-18,22-24,27-28H,10-13,15-16,19H2,1-9H3;3-4,6-7,12,14,17H,5H2,1-2H3;13H,7-12H2,1-6H3;1H/t22-,23+,24+,27-,28+;12-,14-;13-;/m000./s1/i;;;1D/hT. The van der Waals surface area contributed by atoms with E-state index in [9.17, 15) is 9.59 Å². The maximum Gasteiger partial charge on any atom is 0.293 e. The number of ether oxygens (including phenoxy) is 4. The minimum Gasteiger partial charge on any atom is -0.508 e. The van der Waals surface area contributed by atoms with Crippen LogP contribution >= 0.6 is 57.8 Å². The number of hydrogen-bond acceptors (Lipinski definition) is 10. The minimum absolute atomic E-state index is 0.0705. The first-order valence-corrected chi connectivity index (χ1v) is 36.2. The maximum atomic E-state index is 13.6. The number of Topliss-reactive ketones (excluding diaryl/α,β-unsaturated/α-hetero) is 2. The van der Waals surface area contributed by atoms with Gasteiger partial charge in [0.15, 0.2) is 45.9 Å². The smallest absolute Gasteiger partial charge is 0.293 e. The van der Waals surface area contributed by atoms with Crippen LogP contribution in [0.3, 0.4) is 0 Å². The van der Waals surface area contributed by atoms with Crippen molar-refractivity contribution in [1.29, 1.82) is 2.77 Å². The third-order valence-electron chi connectivity index (χ3n) is 15.9. The van der Waals surface area contributed by atoms with E-state index in [0.29, 0.717) is 40.3 Å². The molecule has 9 nitrogen and oxygen atoms in total. The van der Waals surface area contributed by atoms with Crippen molar-refractivity contribution in [2.75, 3.05) is 4.43 Å². The average Bonchev–Trinajstić information content (AvgIpc) is 3.98. The molecule has 4 aliphatic rings. The monoisotopic (exact) mass is 1250 g/mol. The van der Waals surface area contributed by atoms with Gasteiger partial charge in [-0.25, -0.2) is 0 Å². The summed E-state index contributed by atoms with van der Waals surface area (Å²) in [6, 6.07) is 11.0. The third-order valence-corrected chi connectivity index (χ3v) is 26.3. The van der Waals surface area contributed by atoms with Crippen molar-refractivity contribution in [2.45, 2.75) is 258 Å². The summed E-state index contributed by atoms with van der Waals surface area (Å²) in [6.07, 6.45) is 14.9. The zero-order valence-electron chi connectivity index (χ0n) is 50.9. The predicted octanol–water partition coefficient (Wildman–Crippen LogP) is 16.7. The van der Waals surface area contributed by atoms with Crippen molar-refractivity contribution in [2.24, 2.45) is 11.8 Å². The number of benzene rings is 2. The molecule has 0 bridgehead atoms. The van der Waals surface area contributed by atoms with Gasteiger partial charge in [0.25, 0.3) is 1.43 Å². The van der Waals surface area contributed by atoms with Gasteiger partial charge in [0.2, 0.25) is 0 Å². The van der Waals surface area contributed by atoms with Crippen molar-refractivity contribution in [1.82, 2.24) is 0 Å². The van der Waals surface area contributed by atoms with Gasteiger partial charge in [-0.3, -0.25) is 9.59 Å². The number of carbonyl (C=O) groups excluding carboxylic acids is 2. The molecule has 0 unspecified atom stereocenters. The van der Waals surface area contributed by atoms with Crippen LogP contribution in [0.25, 0.3) is 0 Å². The molecule has 2 saturated heterocycles. The Hall–Kier alpha value is -0.891. The first-order chi connectivity index (χ1) is 35.7. The van der Waals surface area contributed by atoms with Crippen LogP contribution in [0.2, 0.25) is 46.3 Å².